The summed E-state index contributed by atoms with van der Waals surface area (Å²) < 4.78 is 11.2. The number of carbonyl (C=O) groups excluding carboxylic acids is 1. The van der Waals surface area contributed by atoms with E-state index in [2.05, 4.69) is 19.2 Å². The van der Waals surface area contributed by atoms with Crippen LogP contribution in [0, 0.1) is 0 Å². The number of rotatable bonds is 65. The minimum atomic E-state index is -1.66. The smallest absolute Gasteiger partial charge is 0.249 e. The zero-order chi connectivity index (χ0) is 59.6. The molecule has 82 heavy (non-hydrogen) atoms. The maximum absolute atomic E-state index is 13.3. The van der Waals surface area contributed by atoms with Gasteiger partial charge in [0, 0.05) is 0 Å². The highest BCUT2D eigenvalue weighted by Gasteiger charge is 2.44. The van der Waals surface area contributed by atoms with Crippen LogP contribution in [0.15, 0.2) is 0 Å². The van der Waals surface area contributed by atoms with Crippen molar-refractivity contribution >= 4 is 5.91 Å². The Hall–Kier alpha value is -0.890. The first kappa shape index (κ1) is 79.1. The molecule has 1 heterocycles. The van der Waals surface area contributed by atoms with Crippen molar-refractivity contribution in [2.24, 2.45) is 0 Å². The second-order valence-corrected chi connectivity index (χ2v) is 26.0. The molecule has 8 N–H and O–H groups in total. The average molecular weight is 1170 g/mol. The Morgan fingerprint density at radius 1 is 0.378 bits per heavy atom. The Morgan fingerprint density at radius 3 is 0.902 bits per heavy atom. The van der Waals surface area contributed by atoms with Gasteiger partial charge in [-0.15, -0.1) is 0 Å². The summed E-state index contributed by atoms with van der Waals surface area (Å²) in [6, 6.07) is -1.16. The number of carbonyl (C=O) groups is 1. The van der Waals surface area contributed by atoms with E-state index in [1.807, 2.05) is 0 Å². The van der Waals surface area contributed by atoms with Gasteiger partial charge in [-0.25, -0.2) is 0 Å². The van der Waals surface area contributed by atoms with E-state index in [1.54, 1.807) is 0 Å². The van der Waals surface area contributed by atoms with Crippen molar-refractivity contribution in [3.63, 3.8) is 0 Å². The van der Waals surface area contributed by atoms with Gasteiger partial charge >= 0.3 is 0 Å². The fraction of sp³-hybridized carbons (Fsp3) is 0.986. The van der Waals surface area contributed by atoms with Crippen LogP contribution in [0.4, 0.5) is 0 Å². The number of unbranched alkanes of at least 4 members (excludes halogenated alkanes) is 53. The summed E-state index contributed by atoms with van der Waals surface area (Å²) in [5, 5.41) is 76.5. The van der Waals surface area contributed by atoms with Crippen LogP contribution < -0.4 is 5.32 Å². The molecule has 1 rings (SSSR count). The third-order valence-corrected chi connectivity index (χ3v) is 18.2. The highest BCUT2D eigenvalue weighted by atomic mass is 16.7. The van der Waals surface area contributed by atoms with Crippen LogP contribution >= 0.6 is 0 Å². The van der Waals surface area contributed by atoms with E-state index in [0.29, 0.717) is 19.3 Å². The first-order valence-electron chi connectivity index (χ1n) is 36.4. The summed E-state index contributed by atoms with van der Waals surface area (Å²) in [5.74, 6) is -0.686. The summed E-state index contributed by atoms with van der Waals surface area (Å²) in [6.07, 6.45) is 62.0. The van der Waals surface area contributed by atoms with Gasteiger partial charge in [0.05, 0.1) is 25.4 Å². The largest absolute Gasteiger partial charge is 0.394 e. The van der Waals surface area contributed by atoms with Crippen LogP contribution in [0.5, 0.6) is 0 Å². The molecule has 1 fully saturated rings. The molecule has 9 unspecified atom stereocenters. The third-order valence-electron chi connectivity index (χ3n) is 18.2. The van der Waals surface area contributed by atoms with E-state index in [9.17, 15) is 40.5 Å². The van der Waals surface area contributed by atoms with Crippen molar-refractivity contribution in [3.05, 3.63) is 0 Å². The molecule has 0 aromatic heterocycles. The van der Waals surface area contributed by atoms with Gasteiger partial charge < -0.3 is 50.5 Å². The number of hydrogen-bond acceptors (Lipinski definition) is 10. The summed E-state index contributed by atoms with van der Waals surface area (Å²) in [7, 11) is 0. The van der Waals surface area contributed by atoms with Gasteiger partial charge in [0.1, 0.15) is 36.6 Å². The number of hydrogen-bond donors (Lipinski definition) is 8. The molecule has 490 valence electrons. The molecule has 1 aliphatic heterocycles. The monoisotopic (exact) mass is 1170 g/mol. The van der Waals surface area contributed by atoms with E-state index >= 15 is 0 Å². The van der Waals surface area contributed by atoms with Gasteiger partial charge in [-0.2, -0.15) is 0 Å². The van der Waals surface area contributed by atoms with Crippen molar-refractivity contribution in [2.45, 2.75) is 435 Å². The topological polar surface area (TPSA) is 189 Å². The fourth-order valence-corrected chi connectivity index (χ4v) is 12.3. The van der Waals surface area contributed by atoms with Crippen LogP contribution in [-0.2, 0) is 14.3 Å². The number of aliphatic hydroxyl groups is 7. The van der Waals surface area contributed by atoms with Crippen molar-refractivity contribution in [2.75, 3.05) is 13.2 Å². The lowest BCUT2D eigenvalue weighted by Crippen LogP contribution is -2.60. The van der Waals surface area contributed by atoms with Crippen LogP contribution in [0.2, 0.25) is 0 Å². The molecule has 0 spiro atoms. The minimum absolute atomic E-state index is 0.268. The van der Waals surface area contributed by atoms with Crippen LogP contribution in [-0.4, -0.2) is 110 Å². The minimum Gasteiger partial charge on any atom is -0.394 e. The van der Waals surface area contributed by atoms with E-state index < -0.39 is 74.2 Å². The van der Waals surface area contributed by atoms with Gasteiger partial charge in [-0.1, -0.05) is 367 Å². The highest BCUT2D eigenvalue weighted by molar-refractivity contribution is 5.80. The lowest BCUT2D eigenvalue weighted by Gasteiger charge is -2.40. The van der Waals surface area contributed by atoms with E-state index in [-0.39, 0.29) is 6.42 Å². The molecular formula is C71H141NO10. The summed E-state index contributed by atoms with van der Waals surface area (Å²) in [6.45, 7) is 3.53. The van der Waals surface area contributed by atoms with E-state index in [0.717, 1.165) is 38.5 Å². The quantitative estimate of drug-likeness (QED) is 0.0272. The molecule has 0 bridgehead atoms. The van der Waals surface area contributed by atoms with Crippen molar-refractivity contribution in [1.29, 1.82) is 0 Å². The molecule has 11 heteroatoms. The molecular weight excluding hydrogens is 1030 g/mol. The Labute approximate surface area is 507 Å². The number of aliphatic hydroxyl groups excluding tert-OH is 7. The number of ether oxygens (including phenoxy) is 2. The lowest BCUT2D eigenvalue weighted by molar-refractivity contribution is -0.303. The predicted molar refractivity (Wildman–Crippen MR) is 344 cm³/mol. The highest BCUT2D eigenvalue weighted by Crippen LogP contribution is 2.24. The molecule has 0 aliphatic carbocycles. The summed E-state index contributed by atoms with van der Waals surface area (Å²) >= 11 is 0. The van der Waals surface area contributed by atoms with Crippen molar-refractivity contribution in [1.82, 2.24) is 5.32 Å². The standard InChI is InChI=1S/C71H141NO10/c1-3-5-7-9-11-13-15-17-19-21-23-25-26-27-28-29-30-31-32-33-34-35-36-37-39-41-43-45-47-49-51-53-55-57-59-64(75)70(80)72-62(61-81-71-69(79)68(78)67(77)65(60-73)82-71)66(76)63(74)58-56-54-52-50-48-46-44-42-40-38-24-22-20-18-16-14-12-10-8-6-4-2/h62-69,71,73-79H,3-61H2,1-2H3,(H,72,80). The SMILES string of the molecule is CCCCCCCCCCCCCCCCCCCCCCCCCCCCCCCCCCCCC(O)C(=O)NC(COC1OC(CO)C(O)C(O)C1O)C(O)C(O)CCCCCCCCCCCCCCCCCCCCCCC. The molecule has 0 aromatic carbocycles. The van der Waals surface area contributed by atoms with Crippen molar-refractivity contribution in [3.8, 4) is 0 Å². The summed E-state index contributed by atoms with van der Waals surface area (Å²) in [5.41, 5.74) is 0. The molecule has 0 saturated carbocycles. The summed E-state index contributed by atoms with van der Waals surface area (Å²) in [4.78, 5) is 13.3. The molecule has 11 nitrogen and oxygen atoms in total. The number of nitrogens with one attached hydrogen (secondary N) is 1. The fourth-order valence-electron chi connectivity index (χ4n) is 12.3. The van der Waals surface area contributed by atoms with Crippen LogP contribution in [0.1, 0.15) is 380 Å². The normalized spacial score (nSPS) is 19.0. The molecule has 9 atom stereocenters. The Balaban J connectivity index is 2.14. The first-order chi connectivity index (χ1) is 40.2. The second-order valence-electron chi connectivity index (χ2n) is 26.0. The third kappa shape index (κ3) is 47.2. The van der Waals surface area contributed by atoms with E-state index in [1.165, 1.54) is 302 Å². The van der Waals surface area contributed by atoms with Crippen LogP contribution in [0.3, 0.4) is 0 Å². The molecule has 1 amide bonds. The van der Waals surface area contributed by atoms with Crippen molar-refractivity contribution < 1.29 is 50.0 Å². The van der Waals surface area contributed by atoms with Gasteiger partial charge in [0.25, 0.3) is 0 Å². The Bertz CT molecular complexity index is 1290. The lowest BCUT2D eigenvalue weighted by atomic mass is 9.98. The number of amides is 1. The Kier molecular flexibility index (Phi) is 58.3. The second kappa shape index (κ2) is 60.4. The molecule has 1 saturated heterocycles. The average Bonchev–Trinajstić information content (AvgIpc) is 3.48. The molecule has 0 aromatic rings. The first-order valence-corrected chi connectivity index (χ1v) is 36.4. The Morgan fingerprint density at radius 2 is 0.634 bits per heavy atom. The zero-order valence-corrected chi connectivity index (χ0v) is 54.3. The van der Waals surface area contributed by atoms with Gasteiger partial charge in [0.2, 0.25) is 5.91 Å². The molecule has 0 radical (unpaired) electrons. The predicted octanol–water partition coefficient (Wildman–Crippen LogP) is 17.6. The molecule has 1 aliphatic rings. The maximum Gasteiger partial charge on any atom is 0.249 e. The van der Waals surface area contributed by atoms with Gasteiger partial charge in [0.15, 0.2) is 6.29 Å². The van der Waals surface area contributed by atoms with Crippen LogP contribution in [0.25, 0.3) is 0 Å². The zero-order valence-electron chi connectivity index (χ0n) is 54.3. The van der Waals surface area contributed by atoms with Gasteiger partial charge in [-0.3, -0.25) is 4.79 Å². The maximum atomic E-state index is 13.3. The van der Waals surface area contributed by atoms with E-state index in [4.69, 9.17) is 9.47 Å². The van der Waals surface area contributed by atoms with Gasteiger partial charge in [-0.05, 0) is 12.8 Å².